The predicted octanol–water partition coefficient (Wildman–Crippen LogP) is 1.19. The summed E-state index contributed by atoms with van der Waals surface area (Å²) < 4.78 is 0. The number of aromatic nitrogens is 1. The predicted molar refractivity (Wildman–Crippen MR) is 63.3 cm³/mol. The van der Waals surface area contributed by atoms with Crippen LogP contribution in [0.15, 0.2) is 24.4 Å². The van der Waals surface area contributed by atoms with Gasteiger partial charge < -0.3 is 5.32 Å². The normalized spacial score (nSPS) is 24.4. The van der Waals surface area contributed by atoms with Crippen LogP contribution in [0.4, 0.5) is 5.82 Å². The quantitative estimate of drug-likeness (QED) is 0.812. The van der Waals surface area contributed by atoms with Crippen LogP contribution in [0.1, 0.15) is 19.8 Å². The molecule has 4 nitrogen and oxygen atoms in total. The van der Waals surface area contributed by atoms with Crippen molar-refractivity contribution in [2.24, 2.45) is 0 Å². The molecule has 0 bridgehead atoms. The van der Waals surface area contributed by atoms with Crippen LogP contribution in [0.5, 0.6) is 0 Å². The molecule has 1 unspecified atom stereocenters. The second-order valence-corrected chi connectivity index (χ2v) is 4.41. The van der Waals surface area contributed by atoms with Gasteiger partial charge in [0.25, 0.3) is 0 Å². The number of hydrogen-bond acceptors (Lipinski definition) is 3. The molecule has 1 fully saturated rings. The van der Waals surface area contributed by atoms with Gasteiger partial charge in [-0.25, -0.2) is 4.98 Å². The summed E-state index contributed by atoms with van der Waals surface area (Å²) in [6.45, 7) is 2.88. The maximum atomic E-state index is 12.3. The third-order valence-corrected chi connectivity index (χ3v) is 3.14. The summed E-state index contributed by atoms with van der Waals surface area (Å²) in [5.74, 6) is 0.783. The standard InChI is InChI=1S/C12H17N3O/c1-12(7-5-9-14-12)11(16)15(2)10-6-3-4-8-13-10/h3-4,6,8,14H,5,7,9H2,1-2H3. The van der Waals surface area contributed by atoms with Gasteiger partial charge in [0.05, 0.1) is 5.54 Å². The van der Waals surface area contributed by atoms with Crippen molar-refractivity contribution in [3.8, 4) is 0 Å². The van der Waals surface area contributed by atoms with Gasteiger partial charge >= 0.3 is 0 Å². The van der Waals surface area contributed by atoms with Gasteiger partial charge in [0, 0.05) is 13.2 Å². The molecule has 0 radical (unpaired) electrons. The molecule has 86 valence electrons. The topological polar surface area (TPSA) is 45.2 Å². The largest absolute Gasteiger partial charge is 0.304 e. The minimum atomic E-state index is -0.424. The van der Waals surface area contributed by atoms with Crippen molar-refractivity contribution in [3.05, 3.63) is 24.4 Å². The van der Waals surface area contributed by atoms with E-state index >= 15 is 0 Å². The molecular formula is C12H17N3O. The first-order chi connectivity index (χ1) is 7.63. The Labute approximate surface area is 95.7 Å². The molecule has 2 rings (SSSR count). The number of pyridine rings is 1. The van der Waals surface area contributed by atoms with Crippen LogP contribution >= 0.6 is 0 Å². The Kier molecular flexibility index (Phi) is 2.92. The van der Waals surface area contributed by atoms with Crippen molar-refractivity contribution in [2.75, 3.05) is 18.5 Å². The molecule has 0 aliphatic carbocycles. The molecule has 4 heteroatoms. The van der Waals surface area contributed by atoms with E-state index in [1.165, 1.54) is 0 Å². The number of amides is 1. The van der Waals surface area contributed by atoms with Crippen LogP contribution in [-0.2, 0) is 4.79 Å². The minimum Gasteiger partial charge on any atom is -0.304 e. The molecule has 1 atom stereocenters. The summed E-state index contributed by atoms with van der Waals surface area (Å²) in [5.41, 5.74) is -0.424. The molecule has 1 aliphatic rings. The van der Waals surface area contributed by atoms with E-state index in [9.17, 15) is 4.79 Å². The first-order valence-corrected chi connectivity index (χ1v) is 5.58. The highest BCUT2D eigenvalue weighted by molar-refractivity contribution is 5.99. The fraction of sp³-hybridized carbons (Fsp3) is 0.500. The van der Waals surface area contributed by atoms with Crippen LogP contribution in [0.2, 0.25) is 0 Å². The van der Waals surface area contributed by atoms with Gasteiger partial charge in [-0.15, -0.1) is 0 Å². The zero-order chi connectivity index (χ0) is 11.6. The Morgan fingerprint density at radius 2 is 2.38 bits per heavy atom. The highest BCUT2D eigenvalue weighted by atomic mass is 16.2. The Bertz CT molecular complexity index is 371. The lowest BCUT2D eigenvalue weighted by Gasteiger charge is -2.28. The third-order valence-electron chi connectivity index (χ3n) is 3.14. The van der Waals surface area contributed by atoms with E-state index in [0.717, 1.165) is 19.4 Å². The van der Waals surface area contributed by atoms with Crippen molar-refractivity contribution in [1.29, 1.82) is 0 Å². The molecule has 1 N–H and O–H groups in total. The Balaban J connectivity index is 2.16. The number of rotatable bonds is 2. The Morgan fingerprint density at radius 1 is 1.56 bits per heavy atom. The van der Waals surface area contributed by atoms with Gasteiger partial charge in [-0.3, -0.25) is 9.69 Å². The van der Waals surface area contributed by atoms with Crippen LogP contribution < -0.4 is 10.2 Å². The van der Waals surface area contributed by atoms with Crippen LogP contribution in [0.3, 0.4) is 0 Å². The second-order valence-electron chi connectivity index (χ2n) is 4.41. The van der Waals surface area contributed by atoms with Gasteiger partial charge in [-0.2, -0.15) is 0 Å². The van der Waals surface area contributed by atoms with Gasteiger partial charge in [-0.05, 0) is 38.4 Å². The molecule has 1 amide bonds. The van der Waals surface area contributed by atoms with Crippen LogP contribution in [-0.4, -0.2) is 30.0 Å². The molecule has 0 aromatic carbocycles. The number of nitrogens with zero attached hydrogens (tertiary/aromatic N) is 2. The first-order valence-electron chi connectivity index (χ1n) is 5.58. The maximum absolute atomic E-state index is 12.3. The van der Waals surface area contributed by atoms with E-state index in [0.29, 0.717) is 5.82 Å². The van der Waals surface area contributed by atoms with Gasteiger partial charge in [-0.1, -0.05) is 6.07 Å². The summed E-state index contributed by atoms with van der Waals surface area (Å²) in [5, 5.41) is 3.26. The van der Waals surface area contributed by atoms with Crippen LogP contribution in [0, 0.1) is 0 Å². The zero-order valence-corrected chi connectivity index (χ0v) is 9.73. The molecule has 1 aliphatic heterocycles. The Hall–Kier alpha value is -1.42. The lowest BCUT2D eigenvalue weighted by atomic mass is 9.98. The van der Waals surface area contributed by atoms with Crippen molar-refractivity contribution in [1.82, 2.24) is 10.3 Å². The highest BCUT2D eigenvalue weighted by Gasteiger charge is 2.38. The number of carbonyl (C=O) groups excluding carboxylic acids is 1. The summed E-state index contributed by atoms with van der Waals surface area (Å²) in [6.07, 6.45) is 3.64. The third kappa shape index (κ3) is 1.93. The van der Waals surface area contributed by atoms with Gasteiger partial charge in [0.15, 0.2) is 0 Å². The molecular weight excluding hydrogens is 202 g/mol. The number of anilines is 1. The van der Waals surface area contributed by atoms with E-state index in [4.69, 9.17) is 0 Å². The molecule has 1 aromatic rings. The summed E-state index contributed by atoms with van der Waals surface area (Å²) in [4.78, 5) is 18.1. The number of likely N-dealkylation sites (N-methyl/N-ethyl adjacent to an activating group) is 1. The van der Waals surface area contributed by atoms with Gasteiger partial charge in [0.1, 0.15) is 5.82 Å². The smallest absolute Gasteiger partial charge is 0.247 e. The minimum absolute atomic E-state index is 0.0868. The molecule has 0 spiro atoms. The van der Waals surface area contributed by atoms with Gasteiger partial charge in [0.2, 0.25) is 5.91 Å². The van der Waals surface area contributed by atoms with Crippen molar-refractivity contribution >= 4 is 11.7 Å². The molecule has 2 heterocycles. The van der Waals surface area contributed by atoms with Crippen molar-refractivity contribution < 1.29 is 4.79 Å². The van der Waals surface area contributed by atoms with E-state index in [1.807, 2.05) is 25.1 Å². The molecule has 0 saturated carbocycles. The Morgan fingerprint density at radius 3 is 2.94 bits per heavy atom. The SMILES string of the molecule is CN(C(=O)C1(C)CCCN1)c1ccccn1. The molecule has 1 aromatic heterocycles. The second kappa shape index (κ2) is 4.22. The lowest BCUT2D eigenvalue weighted by molar-refractivity contribution is -0.123. The summed E-state index contributed by atoms with van der Waals surface area (Å²) >= 11 is 0. The molecule has 1 saturated heterocycles. The van der Waals surface area contributed by atoms with E-state index in [2.05, 4.69) is 10.3 Å². The zero-order valence-electron chi connectivity index (χ0n) is 9.73. The summed E-state index contributed by atoms with van der Waals surface area (Å²) in [7, 11) is 1.77. The average molecular weight is 219 g/mol. The summed E-state index contributed by atoms with van der Waals surface area (Å²) in [6, 6.07) is 5.57. The fourth-order valence-electron chi connectivity index (χ4n) is 2.10. The lowest BCUT2D eigenvalue weighted by Crippen LogP contribution is -2.52. The average Bonchev–Trinajstić information content (AvgIpc) is 2.77. The highest BCUT2D eigenvalue weighted by Crippen LogP contribution is 2.22. The number of nitrogens with one attached hydrogen (secondary N) is 1. The first kappa shape index (κ1) is 11.1. The van der Waals surface area contributed by atoms with Crippen LogP contribution in [0.25, 0.3) is 0 Å². The fourth-order valence-corrected chi connectivity index (χ4v) is 2.10. The monoisotopic (exact) mass is 219 g/mol. The molecule has 16 heavy (non-hydrogen) atoms. The van der Waals surface area contributed by atoms with E-state index < -0.39 is 5.54 Å². The number of hydrogen-bond donors (Lipinski definition) is 1. The number of carbonyl (C=O) groups is 1. The van der Waals surface area contributed by atoms with Crippen molar-refractivity contribution in [3.63, 3.8) is 0 Å². The van der Waals surface area contributed by atoms with E-state index in [-0.39, 0.29) is 5.91 Å². The van der Waals surface area contributed by atoms with Crippen molar-refractivity contribution in [2.45, 2.75) is 25.3 Å². The van der Waals surface area contributed by atoms with E-state index in [1.54, 1.807) is 18.1 Å². The maximum Gasteiger partial charge on any atom is 0.247 e.